The fraction of sp³-hybridized carbons (Fsp3) is 0.667. The minimum absolute atomic E-state index is 0.207. The number of thiophene rings is 1. The van der Waals surface area contributed by atoms with E-state index in [4.69, 9.17) is 4.74 Å². The lowest BCUT2D eigenvalue weighted by atomic mass is 10.1. The average molecular weight is 279 g/mol. The van der Waals surface area contributed by atoms with Crippen LogP contribution in [0.2, 0.25) is 0 Å². The topological polar surface area (TPSA) is 29.5 Å². The van der Waals surface area contributed by atoms with Crippen LogP contribution in [0.1, 0.15) is 29.5 Å². The molecule has 19 heavy (non-hydrogen) atoms. The van der Waals surface area contributed by atoms with E-state index < -0.39 is 0 Å². The van der Waals surface area contributed by atoms with E-state index in [2.05, 4.69) is 24.0 Å². The number of carbonyl (C=O) groups excluding carboxylic acids is 1. The van der Waals surface area contributed by atoms with Crippen molar-refractivity contribution in [1.29, 1.82) is 0 Å². The van der Waals surface area contributed by atoms with Crippen LogP contribution >= 0.6 is 11.3 Å². The van der Waals surface area contributed by atoms with Crippen LogP contribution in [0, 0.1) is 0 Å². The molecule has 0 amide bonds. The van der Waals surface area contributed by atoms with E-state index in [0.29, 0.717) is 12.5 Å². The van der Waals surface area contributed by atoms with Crippen molar-refractivity contribution in [2.45, 2.75) is 44.8 Å². The monoisotopic (exact) mass is 279 g/mol. The number of rotatable bonds is 4. The highest BCUT2D eigenvalue weighted by atomic mass is 32.1. The van der Waals surface area contributed by atoms with E-state index in [-0.39, 0.29) is 11.9 Å². The summed E-state index contributed by atoms with van der Waals surface area (Å²) in [6, 6.07) is 4.78. The molecule has 3 rings (SSSR count). The van der Waals surface area contributed by atoms with E-state index in [1.807, 2.05) is 0 Å². The zero-order valence-corrected chi connectivity index (χ0v) is 12.2. The Labute approximate surface area is 118 Å². The number of hydrogen-bond acceptors (Lipinski definition) is 4. The van der Waals surface area contributed by atoms with Gasteiger partial charge in [-0.15, -0.1) is 11.3 Å². The summed E-state index contributed by atoms with van der Waals surface area (Å²) in [6.45, 7) is 4.82. The Morgan fingerprint density at radius 2 is 2.32 bits per heavy atom. The summed E-state index contributed by atoms with van der Waals surface area (Å²) in [5, 5.41) is 0. The zero-order chi connectivity index (χ0) is 13.2. The lowest BCUT2D eigenvalue weighted by Gasteiger charge is -2.34. The molecule has 0 radical (unpaired) electrons. The highest BCUT2D eigenvalue weighted by Gasteiger charge is 2.35. The van der Waals surface area contributed by atoms with Gasteiger partial charge in [0.25, 0.3) is 0 Å². The quantitative estimate of drug-likeness (QED) is 0.847. The number of fused-ring (bicyclic) bond motifs is 1. The maximum Gasteiger partial charge on any atom is 0.168 e. The molecule has 0 aliphatic carbocycles. The number of ketones is 1. The third kappa shape index (κ3) is 2.91. The van der Waals surface area contributed by atoms with Gasteiger partial charge in [0.2, 0.25) is 0 Å². The Kier molecular flexibility index (Phi) is 4.01. The molecule has 1 aromatic rings. The lowest BCUT2D eigenvalue weighted by molar-refractivity contribution is -0.137. The van der Waals surface area contributed by atoms with Gasteiger partial charge in [-0.05, 0) is 37.9 Å². The molecule has 104 valence electrons. The maximum absolute atomic E-state index is 12.3. The van der Waals surface area contributed by atoms with E-state index >= 15 is 0 Å². The van der Waals surface area contributed by atoms with Gasteiger partial charge in [0, 0.05) is 28.8 Å². The van der Waals surface area contributed by atoms with Crippen molar-refractivity contribution in [3.63, 3.8) is 0 Å². The molecule has 0 aromatic carbocycles. The first-order valence-electron chi connectivity index (χ1n) is 7.22. The first kappa shape index (κ1) is 13.3. The van der Waals surface area contributed by atoms with Crippen molar-refractivity contribution in [3.05, 3.63) is 21.9 Å². The van der Waals surface area contributed by atoms with Crippen molar-refractivity contribution < 1.29 is 9.53 Å². The van der Waals surface area contributed by atoms with Gasteiger partial charge in [-0.25, -0.2) is 0 Å². The number of carbonyl (C=O) groups is 1. The second-order valence-corrected chi connectivity index (χ2v) is 6.73. The molecule has 2 saturated heterocycles. The van der Waals surface area contributed by atoms with Gasteiger partial charge in [-0.2, -0.15) is 0 Å². The van der Waals surface area contributed by atoms with Crippen LogP contribution in [0.4, 0.5) is 0 Å². The summed E-state index contributed by atoms with van der Waals surface area (Å²) in [5.41, 5.74) is 0. The summed E-state index contributed by atoms with van der Waals surface area (Å²) in [6.07, 6.45) is 3.86. The fourth-order valence-corrected chi connectivity index (χ4v) is 3.97. The van der Waals surface area contributed by atoms with Gasteiger partial charge >= 0.3 is 0 Å². The van der Waals surface area contributed by atoms with E-state index in [1.54, 1.807) is 11.3 Å². The fourth-order valence-electron chi connectivity index (χ4n) is 3.00. The van der Waals surface area contributed by atoms with Crippen LogP contribution in [0.3, 0.4) is 0 Å². The predicted molar refractivity (Wildman–Crippen MR) is 76.7 cm³/mol. The standard InChI is InChI=1S/C15H21NO2S/c1-2-12-5-6-13(19-12)8-14(17)15-9-16-7-3-4-11(16)10-18-15/h5-6,11,15H,2-4,7-10H2,1H3. The van der Waals surface area contributed by atoms with Crippen molar-refractivity contribution >= 4 is 17.1 Å². The second kappa shape index (κ2) is 5.73. The van der Waals surface area contributed by atoms with E-state index in [9.17, 15) is 4.79 Å². The van der Waals surface area contributed by atoms with Gasteiger partial charge in [-0.3, -0.25) is 9.69 Å². The highest BCUT2D eigenvalue weighted by molar-refractivity contribution is 7.12. The first-order valence-corrected chi connectivity index (χ1v) is 8.04. The normalized spacial score (nSPS) is 27.4. The Balaban J connectivity index is 1.58. The predicted octanol–water partition coefficient (Wildman–Crippen LogP) is 2.29. The Morgan fingerprint density at radius 3 is 3.11 bits per heavy atom. The number of ether oxygens (including phenoxy) is 1. The molecule has 0 spiro atoms. The summed E-state index contributed by atoms with van der Waals surface area (Å²) >= 11 is 1.75. The van der Waals surface area contributed by atoms with Crippen LogP contribution in [-0.4, -0.2) is 42.5 Å². The van der Waals surface area contributed by atoms with Gasteiger partial charge in [0.1, 0.15) is 6.10 Å². The summed E-state index contributed by atoms with van der Waals surface area (Å²) in [5.74, 6) is 0.245. The largest absolute Gasteiger partial charge is 0.367 e. The summed E-state index contributed by atoms with van der Waals surface area (Å²) < 4.78 is 5.77. The molecular formula is C15H21NO2S. The zero-order valence-electron chi connectivity index (χ0n) is 11.4. The molecule has 3 nitrogen and oxygen atoms in total. The minimum atomic E-state index is -0.207. The smallest absolute Gasteiger partial charge is 0.168 e. The Morgan fingerprint density at radius 1 is 1.47 bits per heavy atom. The molecule has 2 atom stereocenters. The van der Waals surface area contributed by atoms with Gasteiger partial charge in [0.05, 0.1) is 6.61 Å². The van der Waals surface area contributed by atoms with Crippen molar-refractivity contribution in [2.75, 3.05) is 19.7 Å². The Hall–Kier alpha value is -0.710. The first-order chi connectivity index (χ1) is 9.26. The molecule has 0 bridgehead atoms. The SMILES string of the molecule is CCc1ccc(CC(=O)C2CN3CCCC3CO2)s1. The molecule has 2 fully saturated rings. The molecule has 0 N–H and O–H groups in total. The van der Waals surface area contributed by atoms with E-state index in [0.717, 1.165) is 26.1 Å². The maximum atomic E-state index is 12.3. The van der Waals surface area contributed by atoms with Crippen LogP contribution in [-0.2, 0) is 22.4 Å². The van der Waals surface area contributed by atoms with Crippen LogP contribution in [0.15, 0.2) is 12.1 Å². The van der Waals surface area contributed by atoms with Crippen LogP contribution in [0.25, 0.3) is 0 Å². The average Bonchev–Trinajstić information content (AvgIpc) is 3.05. The number of nitrogens with zero attached hydrogens (tertiary/aromatic N) is 1. The third-order valence-corrected chi connectivity index (χ3v) is 5.39. The van der Waals surface area contributed by atoms with E-state index in [1.165, 1.54) is 22.6 Å². The van der Waals surface area contributed by atoms with Crippen molar-refractivity contribution in [2.24, 2.45) is 0 Å². The van der Waals surface area contributed by atoms with Crippen LogP contribution < -0.4 is 0 Å². The molecule has 2 aliphatic heterocycles. The third-order valence-electron chi connectivity index (χ3n) is 4.16. The number of morpholine rings is 1. The molecule has 1 aromatic heterocycles. The summed E-state index contributed by atoms with van der Waals surface area (Å²) in [4.78, 5) is 17.3. The highest BCUT2D eigenvalue weighted by Crippen LogP contribution is 2.24. The number of Topliss-reactive ketones (excluding diaryl/α,β-unsaturated/α-hetero) is 1. The van der Waals surface area contributed by atoms with Crippen molar-refractivity contribution in [1.82, 2.24) is 4.90 Å². The van der Waals surface area contributed by atoms with Gasteiger partial charge in [-0.1, -0.05) is 6.92 Å². The summed E-state index contributed by atoms with van der Waals surface area (Å²) in [7, 11) is 0. The van der Waals surface area contributed by atoms with Crippen molar-refractivity contribution in [3.8, 4) is 0 Å². The van der Waals surface area contributed by atoms with Crippen LogP contribution in [0.5, 0.6) is 0 Å². The molecule has 2 aliphatic rings. The molecule has 3 heterocycles. The molecule has 4 heteroatoms. The molecule has 0 saturated carbocycles. The lowest BCUT2D eigenvalue weighted by Crippen LogP contribution is -2.49. The molecule has 2 unspecified atom stereocenters. The van der Waals surface area contributed by atoms with Gasteiger partial charge < -0.3 is 4.74 Å². The number of aryl methyl sites for hydroxylation is 1. The Bertz CT molecular complexity index is 457. The minimum Gasteiger partial charge on any atom is -0.367 e. The number of hydrogen-bond donors (Lipinski definition) is 0. The second-order valence-electron chi connectivity index (χ2n) is 5.48. The molecular weight excluding hydrogens is 258 g/mol. The van der Waals surface area contributed by atoms with Gasteiger partial charge in [0.15, 0.2) is 5.78 Å².